The van der Waals surface area contributed by atoms with Crippen molar-refractivity contribution in [2.45, 2.75) is 5.16 Å². The van der Waals surface area contributed by atoms with Crippen LogP contribution >= 0.6 is 23.4 Å². The number of benzene rings is 3. The second kappa shape index (κ2) is 8.50. The first-order chi connectivity index (χ1) is 13.7. The number of ether oxygens (including phenoxy) is 1. The van der Waals surface area contributed by atoms with Gasteiger partial charge in [-0.25, -0.2) is 4.98 Å². The Morgan fingerprint density at radius 3 is 2.43 bits per heavy atom. The fourth-order valence-electron chi connectivity index (χ4n) is 2.84. The first-order valence-electron chi connectivity index (χ1n) is 8.81. The summed E-state index contributed by atoms with van der Waals surface area (Å²) in [4.78, 5) is 17.9. The molecule has 28 heavy (non-hydrogen) atoms. The zero-order valence-corrected chi connectivity index (χ0v) is 16.5. The van der Waals surface area contributed by atoms with Gasteiger partial charge in [0.25, 0.3) is 5.56 Å². The summed E-state index contributed by atoms with van der Waals surface area (Å²) in [5.74, 6) is 1.48. The minimum atomic E-state index is -0.0978. The highest BCUT2D eigenvalue weighted by Gasteiger charge is 2.13. The molecule has 140 valence electrons. The van der Waals surface area contributed by atoms with E-state index in [4.69, 9.17) is 21.3 Å². The fraction of sp³-hybridized carbons (Fsp3) is 0.0909. The van der Waals surface area contributed by atoms with Crippen LogP contribution in [0.5, 0.6) is 5.75 Å². The second-order valence-electron chi connectivity index (χ2n) is 6.04. The number of hydrogen-bond acceptors (Lipinski definition) is 4. The highest BCUT2D eigenvalue weighted by Crippen LogP contribution is 2.22. The third kappa shape index (κ3) is 4.06. The number of rotatable bonds is 6. The van der Waals surface area contributed by atoms with Gasteiger partial charge >= 0.3 is 0 Å². The summed E-state index contributed by atoms with van der Waals surface area (Å²) in [6.07, 6.45) is 0. The van der Waals surface area contributed by atoms with Crippen LogP contribution in [-0.2, 0) is 0 Å². The summed E-state index contributed by atoms with van der Waals surface area (Å²) < 4.78 is 7.38. The van der Waals surface area contributed by atoms with E-state index >= 15 is 0 Å². The zero-order chi connectivity index (χ0) is 19.3. The van der Waals surface area contributed by atoms with Gasteiger partial charge in [0.2, 0.25) is 0 Å². The molecule has 4 nitrogen and oxygen atoms in total. The summed E-state index contributed by atoms with van der Waals surface area (Å²) in [6.45, 7) is 0.512. The molecule has 6 heteroatoms. The predicted octanol–water partition coefficient (Wildman–Crippen LogP) is 5.21. The van der Waals surface area contributed by atoms with E-state index in [1.54, 1.807) is 22.8 Å². The van der Waals surface area contributed by atoms with Crippen molar-refractivity contribution in [3.8, 4) is 11.4 Å². The van der Waals surface area contributed by atoms with E-state index in [9.17, 15) is 4.79 Å². The van der Waals surface area contributed by atoms with Crippen LogP contribution in [0.15, 0.2) is 88.8 Å². The highest BCUT2D eigenvalue weighted by atomic mass is 35.5. The molecule has 3 aromatic carbocycles. The van der Waals surface area contributed by atoms with E-state index in [-0.39, 0.29) is 5.56 Å². The third-order valence-corrected chi connectivity index (χ3v) is 5.31. The molecule has 0 saturated carbocycles. The molecule has 0 spiro atoms. The standard InChI is InChI=1S/C22H17ClN2O2S/c23-16-10-12-17(13-11-16)25-21(26)19-8-4-5-9-20(19)24-22(25)28-15-14-27-18-6-2-1-3-7-18/h1-13H,14-15H2. The lowest BCUT2D eigenvalue weighted by atomic mass is 10.2. The Labute approximate surface area is 171 Å². The van der Waals surface area contributed by atoms with Crippen LogP contribution in [-0.4, -0.2) is 21.9 Å². The van der Waals surface area contributed by atoms with Crippen molar-refractivity contribution >= 4 is 34.3 Å². The summed E-state index contributed by atoms with van der Waals surface area (Å²) >= 11 is 7.50. The maximum Gasteiger partial charge on any atom is 0.266 e. The molecule has 0 amide bonds. The summed E-state index contributed by atoms with van der Waals surface area (Å²) in [5.41, 5.74) is 1.32. The second-order valence-corrected chi connectivity index (χ2v) is 7.54. The molecule has 0 aliphatic heterocycles. The van der Waals surface area contributed by atoms with Gasteiger partial charge in [-0.2, -0.15) is 0 Å². The smallest absolute Gasteiger partial charge is 0.266 e. The van der Waals surface area contributed by atoms with Crippen LogP contribution in [0.4, 0.5) is 0 Å². The van der Waals surface area contributed by atoms with E-state index in [0.29, 0.717) is 33.4 Å². The molecule has 1 heterocycles. The molecule has 0 unspecified atom stereocenters. The van der Waals surface area contributed by atoms with Crippen molar-refractivity contribution in [1.29, 1.82) is 0 Å². The largest absolute Gasteiger partial charge is 0.493 e. The zero-order valence-electron chi connectivity index (χ0n) is 14.9. The van der Waals surface area contributed by atoms with Crippen LogP contribution in [0.3, 0.4) is 0 Å². The number of halogens is 1. The van der Waals surface area contributed by atoms with Gasteiger partial charge in [-0.15, -0.1) is 0 Å². The number of fused-ring (bicyclic) bond motifs is 1. The van der Waals surface area contributed by atoms with Gasteiger partial charge in [0.05, 0.1) is 23.2 Å². The molecule has 1 aromatic heterocycles. The van der Waals surface area contributed by atoms with Crippen LogP contribution in [0.2, 0.25) is 5.02 Å². The molecular weight excluding hydrogens is 392 g/mol. The predicted molar refractivity (Wildman–Crippen MR) is 115 cm³/mol. The lowest BCUT2D eigenvalue weighted by Gasteiger charge is -2.13. The van der Waals surface area contributed by atoms with Crippen LogP contribution in [0, 0.1) is 0 Å². The molecule has 0 atom stereocenters. The number of aromatic nitrogens is 2. The number of thioether (sulfide) groups is 1. The molecule has 4 aromatic rings. The van der Waals surface area contributed by atoms with E-state index < -0.39 is 0 Å². The van der Waals surface area contributed by atoms with Crippen LogP contribution in [0.25, 0.3) is 16.6 Å². The normalized spacial score (nSPS) is 10.9. The van der Waals surface area contributed by atoms with Crippen LogP contribution in [0.1, 0.15) is 0 Å². The Bertz CT molecular complexity index is 1140. The van der Waals surface area contributed by atoms with Gasteiger partial charge in [0.15, 0.2) is 5.16 Å². The first kappa shape index (κ1) is 18.6. The molecule has 0 aliphatic rings. The number of hydrogen-bond donors (Lipinski definition) is 0. The number of nitrogens with zero attached hydrogens (tertiary/aromatic N) is 2. The minimum absolute atomic E-state index is 0.0978. The van der Waals surface area contributed by atoms with Gasteiger partial charge < -0.3 is 4.74 Å². The number of para-hydroxylation sites is 2. The van der Waals surface area contributed by atoms with E-state index in [1.165, 1.54) is 11.8 Å². The Morgan fingerprint density at radius 1 is 0.929 bits per heavy atom. The molecule has 0 radical (unpaired) electrons. The molecule has 0 N–H and O–H groups in total. The van der Waals surface area contributed by atoms with Gasteiger partial charge in [-0.05, 0) is 48.5 Å². The molecular formula is C22H17ClN2O2S. The van der Waals surface area contributed by atoms with Crippen molar-refractivity contribution in [2.24, 2.45) is 0 Å². The molecule has 0 fully saturated rings. The Hall–Kier alpha value is -2.76. The van der Waals surface area contributed by atoms with E-state index in [1.807, 2.05) is 60.7 Å². The summed E-state index contributed by atoms with van der Waals surface area (Å²) in [6, 6.07) is 24.2. The van der Waals surface area contributed by atoms with Crippen molar-refractivity contribution in [3.63, 3.8) is 0 Å². The molecule has 0 saturated heterocycles. The lowest BCUT2D eigenvalue weighted by molar-refractivity contribution is 0.344. The quantitative estimate of drug-likeness (QED) is 0.249. The molecule has 4 rings (SSSR count). The fourth-order valence-corrected chi connectivity index (χ4v) is 3.79. The van der Waals surface area contributed by atoms with Gasteiger partial charge in [-0.3, -0.25) is 9.36 Å². The topological polar surface area (TPSA) is 44.1 Å². The maximum atomic E-state index is 13.1. The summed E-state index contributed by atoms with van der Waals surface area (Å²) in [7, 11) is 0. The SMILES string of the molecule is O=c1c2ccccc2nc(SCCOc2ccccc2)n1-c1ccc(Cl)cc1. The summed E-state index contributed by atoms with van der Waals surface area (Å²) in [5, 5.41) is 1.83. The molecule has 0 aliphatic carbocycles. The van der Waals surface area contributed by atoms with Crippen molar-refractivity contribution in [3.05, 3.63) is 94.2 Å². The van der Waals surface area contributed by atoms with Gasteiger partial charge in [-0.1, -0.05) is 53.7 Å². The van der Waals surface area contributed by atoms with Crippen molar-refractivity contribution in [2.75, 3.05) is 12.4 Å². The van der Waals surface area contributed by atoms with E-state index in [2.05, 4.69) is 0 Å². The van der Waals surface area contributed by atoms with Gasteiger partial charge in [0, 0.05) is 10.8 Å². The van der Waals surface area contributed by atoms with Crippen molar-refractivity contribution in [1.82, 2.24) is 9.55 Å². The Balaban J connectivity index is 1.64. The lowest BCUT2D eigenvalue weighted by Crippen LogP contribution is -2.22. The van der Waals surface area contributed by atoms with E-state index in [0.717, 1.165) is 11.4 Å². The monoisotopic (exact) mass is 408 g/mol. The van der Waals surface area contributed by atoms with Gasteiger partial charge in [0.1, 0.15) is 5.75 Å². The Kier molecular flexibility index (Phi) is 5.65. The third-order valence-electron chi connectivity index (χ3n) is 4.16. The highest BCUT2D eigenvalue weighted by molar-refractivity contribution is 7.99. The average Bonchev–Trinajstić information content (AvgIpc) is 2.73. The van der Waals surface area contributed by atoms with Crippen LogP contribution < -0.4 is 10.3 Å². The maximum absolute atomic E-state index is 13.1. The minimum Gasteiger partial charge on any atom is -0.493 e. The molecule has 0 bridgehead atoms. The first-order valence-corrected chi connectivity index (χ1v) is 10.2. The Morgan fingerprint density at radius 2 is 1.64 bits per heavy atom. The van der Waals surface area contributed by atoms with Crippen molar-refractivity contribution < 1.29 is 4.74 Å². The average molecular weight is 409 g/mol.